The summed E-state index contributed by atoms with van der Waals surface area (Å²) in [6.07, 6.45) is -6.30. The predicted molar refractivity (Wildman–Crippen MR) is 44.4 cm³/mol. The van der Waals surface area contributed by atoms with Crippen molar-refractivity contribution in [2.75, 3.05) is 6.61 Å². The first-order chi connectivity index (χ1) is 6.79. The molecule has 1 fully saturated rings. The first-order valence-electron chi connectivity index (χ1n) is 4.15. The van der Waals surface area contributed by atoms with Crippen LogP contribution in [-0.4, -0.2) is 51.3 Å². The van der Waals surface area contributed by atoms with Gasteiger partial charge in [-0.15, -0.1) is 0 Å². The molecule has 0 spiro atoms. The Morgan fingerprint density at radius 3 is 2.53 bits per heavy atom. The van der Waals surface area contributed by atoms with Gasteiger partial charge in [-0.3, -0.25) is 4.52 Å². The Balaban J connectivity index is 2.42. The molecule has 15 heavy (non-hydrogen) atoms. The maximum absolute atomic E-state index is 12.8. The van der Waals surface area contributed by atoms with Crippen LogP contribution in [0, 0.1) is 0 Å². The highest BCUT2D eigenvalue weighted by Gasteiger charge is 2.37. The third-order valence-electron chi connectivity index (χ3n) is 1.90. The molecule has 0 radical (unpaired) electrons. The minimum atomic E-state index is -4.62. The van der Waals surface area contributed by atoms with Crippen molar-refractivity contribution in [1.29, 1.82) is 0 Å². The lowest BCUT2D eigenvalue weighted by Gasteiger charge is -2.32. The number of rotatable bonds is 3. The summed E-state index contributed by atoms with van der Waals surface area (Å²) in [5, 5.41) is 18.0. The summed E-state index contributed by atoms with van der Waals surface area (Å²) in [7, 11) is -4.62. The maximum atomic E-state index is 12.8. The van der Waals surface area contributed by atoms with Gasteiger partial charge in [0, 0.05) is 6.42 Å². The van der Waals surface area contributed by atoms with Crippen LogP contribution in [0.5, 0.6) is 0 Å². The Bertz CT molecular complexity index is 244. The van der Waals surface area contributed by atoms with Gasteiger partial charge in [-0.1, -0.05) is 0 Å². The molecule has 9 heteroatoms. The minimum Gasteiger partial charge on any atom is -0.390 e. The van der Waals surface area contributed by atoms with Crippen LogP contribution in [0.3, 0.4) is 0 Å². The van der Waals surface area contributed by atoms with Gasteiger partial charge in [0.15, 0.2) is 12.5 Å². The van der Waals surface area contributed by atoms with E-state index in [-0.39, 0.29) is 6.42 Å². The molecule has 1 heterocycles. The summed E-state index contributed by atoms with van der Waals surface area (Å²) in [6.45, 7) is -0.523. The van der Waals surface area contributed by atoms with Gasteiger partial charge in [-0.2, -0.15) is 0 Å². The summed E-state index contributed by atoms with van der Waals surface area (Å²) < 4.78 is 31.8. The highest BCUT2D eigenvalue weighted by Crippen LogP contribution is 2.36. The van der Waals surface area contributed by atoms with Crippen LogP contribution >= 0.6 is 7.82 Å². The zero-order valence-corrected chi connectivity index (χ0v) is 8.46. The Labute approximate surface area is 84.7 Å². The summed E-state index contributed by atoms with van der Waals surface area (Å²) in [5.74, 6) is 0. The van der Waals surface area contributed by atoms with Gasteiger partial charge in [0.05, 0.1) is 18.8 Å². The molecule has 0 bridgehead atoms. The summed E-state index contributed by atoms with van der Waals surface area (Å²) >= 11 is 0. The van der Waals surface area contributed by atoms with Gasteiger partial charge in [-0.05, 0) is 0 Å². The fraction of sp³-hybridized carbons (Fsp3) is 1.00. The fourth-order valence-corrected chi connectivity index (χ4v) is 1.57. The SMILES string of the molecule is O=P(O)(O)OC[C@@H]1C[C@H](O)[C@H](F)[C@@H](O)O1. The van der Waals surface area contributed by atoms with Crippen LogP contribution in [0.4, 0.5) is 4.39 Å². The smallest absolute Gasteiger partial charge is 0.390 e. The van der Waals surface area contributed by atoms with E-state index < -0.39 is 39.1 Å². The molecule has 0 aromatic rings. The first-order valence-corrected chi connectivity index (χ1v) is 5.68. The number of phosphoric acid groups is 1. The van der Waals surface area contributed by atoms with Crippen LogP contribution in [0.25, 0.3) is 0 Å². The Hall–Kier alpha value is -0.0800. The van der Waals surface area contributed by atoms with Gasteiger partial charge in [0.2, 0.25) is 0 Å². The maximum Gasteiger partial charge on any atom is 0.469 e. The molecule has 0 amide bonds. The van der Waals surface area contributed by atoms with E-state index in [1.165, 1.54) is 0 Å². The van der Waals surface area contributed by atoms with Gasteiger partial charge in [-0.25, -0.2) is 8.96 Å². The average Bonchev–Trinajstić information content (AvgIpc) is 2.09. The lowest BCUT2D eigenvalue weighted by molar-refractivity contribution is -0.232. The number of aliphatic hydroxyl groups excluding tert-OH is 2. The molecule has 1 saturated heterocycles. The van der Waals surface area contributed by atoms with Crippen molar-refractivity contribution in [2.24, 2.45) is 0 Å². The molecule has 0 saturated carbocycles. The molecule has 0 unspecified atom stereocenters. The summed E-state index contributed by atoms with van der Waals surface area (Å²) in [5.41, 5.74) is 0. The molecule has 1 rings (SSSR count). The second kappa shape index (κ2) is 4.84. The van der Waals surface area contributed by atoms with Gasteiger partial charge < -0.3 is 24.7 Å². The average molecular weight is 246 g/mol. The zero-order valence-electron chi connectivity index (χ0n) is 7.56. The van der Waals surface area contributed by atoms with Crippen LogP contribution in [0.1, 0.15) is 6.42 Å². The van der Waals surface area contributed by atoms with Crippen LogP contribution < -0.4 is 0 Å². The van der Waals surface area contributed by atoms with E-state index >= 15 is 0 Å². The van der Waals surface area contributed by atoms with Crippen LogP contribution in [-0.2, 0) is 13.8 Å². The Morgan fingerprint density at radius 2 is 2.07 bits per heavy atom. The predicted octanol–water partition coefficient (Wildman–Crippen LogP) is -1.10. The molecule has 7 nitrogen and oxygen atoms in total. The van der Waals surface area contributed by atoms with Crippen molar-refractivity contribution in [3.63, 3.8) is 0 Å². The van der Waals surface area contributed by atoms with E-state index in [9.17, 15) is 8.96 Å². The molecule has 0 aromatic carbocycles. The first kappa shape index (κ1) is 13.0. The summed E-state index contributed by atoms with van der Waals surface area (Å²) in [6, 6.07) is 0. The van der Waals surface area contributed by atoms with Crippen molar-refractivity contribution in [3.05, 3.63) is 0 Å². The van der Waals surface area contributed by atoms with Crippen molar-refractivity contribution in [1.82, 2.24) is 0 Å². The second-order valence-corrected chi connectivity index (χ2v) is 4.42. The lowest BCUT2D eigenvalue weighted by Crippen LogP contribution is -2.47. The third-order valence-corrected chi connectivity index (χ3v) is 2.39. The number of aliphatic hydroxyl groups is 2. The quantitative estimate of drug-likeness (QED) is 0.467. The van der Waals surface area contributed by atoms with Gasteiger partial charge in [0.25, 0.3) is 0 Å². The molecule has 4 N–H and O–H groups in total. The largest absolute Gasteiger partial charge is 0.469 e. The molecular formula is C6H12FO7P. The van der Waals surface area contributed by atoms with Gasteiger partial charge >= 0.3 is 7.82 Å². The molecule has 4 atom stereocenters. The summed E-state index contributed by atoms with van der Waals surface area (Å²) in [4.78, 5) is 16.7. The minimum absolute atomic E-state index is 0.196. The van der Waals surface area contributed by atoms with E-state index in [0.29, 0.717) is 0 Å². The monoisotopic (exact) mass is 246 g/mol. The van der Waals surface area contributed by atoms with Crippen molar-refractivity contribution in [3.8, 4) is 0 Å². The molecule has 0 aromatic heterocycles. The van der Waals surface area contributed by atoms with E-state index in [2.05, 4.69) is 9.26 Å². The number of hydrogen-bond donors (Lipinski definition) is 4. The molecule has 1 aliphatic heterocycles. The number of halogens is 1. The Kier molecular flexibility index (Phi) is 4.19. The third kappa shape index (κ3) is 4.12. The lowest BCUT2D eigenvalue weighted by atomic mass is 10.0. The molecular weight excluding hydrogens is 234 g/mol. The number of hydrogen-bond acceptors (Lipinski definition) is 5. The molecule has 1 aliphatic rings. The molecule has 90 valence electrons. The number of alkyl halides is 1. The standard InChI is InChI=1S/C6H12FO7P/c7-5-4(8)1-3(14-6(5)9)2-13-15(10,11)12/h3-6,8-9H,1-2H2,(H2,10,11,12)/t3-,4-,5-,6-/m0/s1. The number of ether oxygens (including phenoxy) is 1. The van der Waals surface area contributed by atoms with Crippen molar-refractivity contribution in [2.45, 2.75) is 31.1 Å². The van der Waals surface area contributed by atoms with Crippen molar-refractivity contribution >= 4 is 7.82 Å². The van der Waals surface area contributed by atoms with E-state index in [0.717, 1.165) is 0 Å². The molecule has 0 aliphatic carbocycles. The number of phosphoric ester groups is 1. The Morgan fingerprint density at radius 1 is 1.47 bits per heavy atom. The van der Waals surface area contributed by atoms with Gasteiger partial charge in [0.1, 0.15) is 0 Å². The fourth-order valence-electron chi connectivity index (χ4n) is 1.20. The highest BCUT2D eigenvalue weighted by molar-refractivity contribution is 7.46. The van der Waals surface area contributed by atoms with Crippen LogP contribution in [0.2, 0.25) is 0 Å². The highest BCUT2D eigenvalue weighted by atomic mass is 31.2. The van der Waals surface area contributed by atoms with E-state index in [1.54, 1.807) is 0 Å². The van der Waals surface area contributed by atoms with Crippen molar-refractivity contribution < 1.29 is 38.2 Å². The zero-order chi connectivity index (χ0) is 11.6. The normalized spacial score (nSPS) is 37.9. The second-order valence-electron chi connectivity index (χ2n) is 3.18. The van der Waals surface area contributed by atoms with E-state index in [4.69, 9.17) is 20.0 Å². The van der Waals surface area contributed by atoms with E-state index in [1.807, 2.05) is 0 Å². The topological polar surface area (TPSA) is 116 Å². The van der Waals surface area contributed by atoms with Crippen LogP contribution in [0.15, 0.2) is 0 Å².